The molecule has 0 unspecified atom stereocenters. The molecular weight excluding hydrogens is 376 g/mol. The maximum Gasteiger partial charge on any atom is 0.147 e. The van der Waals surface area contributed by atoms with Crippen LogP contribution in [0.5, 0.6) is 5.75 Å². The fourth-order valence-corrected chi connectivity index (χ4v) is 2.71. The Hall–Kier alpha value is -2.46. The van der Waals surface area contributed by atoms with Gasteiger partial charge in [0.25, 0.3) is 0 Å². The molecule has 1 heterocycles. The van der Waals surface area contributed by atoms with Gasteiger partial charge in [-0.25, -0.2) is 4.98 Å². The molecule has 0 saturated heterocycles. The van der Waals surface area contributed by atoms with Crippen molar-refractivity contribution >= 4 is 21.6 Å². The van der Waals surface area contributed by atoms with Gasteiger partial charge in [0.1, 0.15) is 22.7 Å². The van der Waals surface area contributed by atoms with Crippen molar-refractivity contribution in [3.63, 3.8) is 0 Å². The second-order valence-electron chi connectivity index (χ2n) is 5.64. The molecule has 0 fully saturated rings. The van der Waals surface area contributed by atoms with Crippen molar-refractivity contribution < 1.29 is 4.74 Å². The van der Waals surface area contributed by atoms with Gasteiger partial charge < -0.3 is 4.74 Å². The van der Waals surface area contributed by atoms with E-state index in [4.69, 9.17) is 4.74 Å². The number of hydrogen-bond acceptors (Lipinski definition) is 3. The van der Waals surface area contributed by atoms with E-state index in [1.807, 2.05) is 67.6 Å². The lowest BCUT2D eigenvalue weighted by atomic mass is 10.2. The monoisotopic (exact) mass is 394 g/mol. The summed E-state index contributed by atoms with van der Waals surface area (Å²) in [7, 11) is 0. The highest BCUT2D eigenvalue weighted by atomic mass is 79.9. The summed E-state index contributed by atoms with van der Waals surface area (Å²) in [4.78, 5) is 9.23. The summed E-state index contributed by atoms with van der Waals surface area (Å²) < 4.78 is 6.75. The van der Waals surface area contributed by atoms with Crippen LogP contribution in [0.3, 0.4) is 0 Å². The summed E-state index contributed by atoms with van der Waals surface area (Å²) in [5, 5.41) is 0. The topological polar surface area (TPSA) is 34.5 Å². The third kappa shape index (κ3) is 5.00. The zero-order chi connectivity index (χ0) is 17.5. The Labute approximate surface area is 156 Å². The fraction of sp³-hybridized carbons (Fsp3) is 0.143. The van der Waals surface area contributed by atoms with E-state index in [0.29, 0.717) is 13.2 Å². The molecule has 0 bridgehead atoms. The molecule has 126 valence electrons. The summed E-state index contributed by atoms with van der Waals surface area (Å²) in [6.45, 7) is 3.09. The van der Waals surface area contributed by atoms with Gasteiger partial charge in [-0.2, -0.15) is 0 Å². The smallest absolute Gasteiger partial charge is 0.147 e. The van der Waals surface area contributed by atoms with Crippen molar-refractivity contribution in [2.75, 3.05) is 0 Å². The molecule has 0 amide bonds. The zero-order valence-corrected chi connectivity index (χ0v) is 15.6. The zero-order valence-electron chi connectivity index (χ0n) is 14.0. The number of benzene rings is 2. The van der Waals surface area contributed by atoms with E-state index in [-0.39, 0.29) is 0 Å². The number of aromatic nitrogens is 1. The second kappa shape index (κ2) is 8.58. The molecule has 0 spiro atoms. The lowest BCUT2D eigenvalue weighted by molar-refractivity contribution is 0.304. The Kier molecular flexibility index (Phi) is 5.96. The van der Waals surface area contributed by atoms with Gasteiger partial charge in [0.2, 0.25) is 0 Å². The highest BCUT2D eigenvalue weighted by Gasteiger charge is 2.10. The predicted octanol–water partition coefficient (Wildman–Crippen LogP) is 5.43. The minimum atomic E-state index is 0.503. The van der Waals surface area contributed by atoms with Crippen molar-refractivity contribution in [3.05, 3.63) is 94.2 Å². The number of pyridine rings is 1. The van der Waals surface area contributed by atoms with E-state index in [9.17, 15) is 0 Å². The van der Waals surface area contributed by atoms with Gasteiger partial charge in [-0.15, -0.1) is 0 Å². The van der Waals surface area contributed by atoms with E-state index in [0.717, 1.165) is 27.3 Å². The molecule has 2 aromatic carbocycles. The van der Waals surface area contributed by atoms with Gasteiger partial charge in [0.05, 0.1) is 12.3 Å². The lowest BCUT2D eigenvalue weighted by Crippen LogP contribution is -2.06. The maximum atomic E-state index is 5.99. The Morgan fingerprint density at radius 1 is 0.920 bits per heavy atom. The third-order valence-electron chi connectivity index (χ3n) is 3.75. The van der Waals surface area contributed by atoms with Crippen LogP contribution < -0.4 is 4.74 Å². The summed E-state index contributed by atoms with van der Waals surface area (Å²) in [5.41, 5.74) is 3.91. The second-order valence-corrected chi connectivity index (χ2v) is 6.45. The van der Waals surface area contributed by atoms with Gasteiger partial charge in [-0.1, -0.05) is 60.7 Å². The summed E-state index contributed by atoms with van der Waals surface area (Å²) in [6, 6.07) is 24.1. The van der Waals surface area contributed by atoms with Crippen LogP contribution in [0.1, 0.15) is 23.7 Å². The number of halogens is 1. The lowest BCUT2D eigenvalue weighted by Gasteiger charge is -2.11. The largest absolute Gasteiger partial charge is 0.487 e. The minimum absolute atomic E-state index is 0.503. The predicted molar refractivity (Wildman–Crippen MR) is 105 cm³/mol. The third-order valence-corrected chi connectivity index (χ3v) is 4.19. The number of aliphatic imine (C=N–C) groups is 1. The first kappa shape index (κ1) is 17.4. The quantitative estimate of drug-likeness (QED) is 0.412. The normalized spacial score (nSPS) is 11.4. The molecule has 0 radical (unpaired) electrons. The molecule has 4 heteroatoms. The van der Waals surface area contributed by atoms with Crippen LogP contribution in [0.25, 0.3) is 0 Å². The van der Waals surface area contributed by atoms with Crippen molar-refractivity contribution in [1.29, 1.82) is 0 Å². The number of rotatable bonds is 6. The van der Waals surface area contributed by atoms with Crippen molar-refractivity contribution in [1.82, 2.24) is 4.98 Å². The molecule has 0 aliphatic heterocycles. The molecular formula is C21H19BrN2O. The summed E-state index contributed by atoms with van der Waals surface area (Å²) in [5.74, 6) is 0.737. The van der Waals surface area contributed by atoms with Crippen LogP contribution in [0.2, 0.25) is 0 Å². The Balaban J connectivity index is 1.78. The Morgan fingerprint density at radius 3 is 2.24 bits per heavy atom. The number of nitrogens with zero attached hydrogens (tertiary/aromatic N) is 2. The number of ether oxygens (including phenoxy) is 1. The minimum Gasteiger partial charge on any atom is -0.487 e. The van der Waals surface area contributed by atoms with Crippen molar-refractivity contribution in [2.24, 2.45) is 4.99 Å². The van der Waals surface area contributed by atoms with Gasteiger partial charge >= 0.3 is 0 Å². The molecule has 0 atom stereocenters. The highest BCUT2D eigenvalue weighted by Crippen LogP contribution is 2.22. The Bertz CT molecular complexity index is 848. The first-order valence-electron chi connectivity index (χ1n) is 8.11. The first-order valence-corrected chi connectivity index (χ1v) is 8.90. The SMILES string of the molecule is CC(=NCc1ccccc1)c1nc(Br)ccc1OCc1ccccc1. The van der Waals surface area contributed by atoms with Gasteiger partial charge in [-0.3, -0.25) is 4.99 Å². The van der Waals surface area contributed by atoms with Crippen LogP contribution >= 0.6 is 15.9 Å². The van der Waals surface area contributed by atoms with Crippen LogP contribution in [-0.2, 0) is 13.2 Å². The molecule has 25 heavy (non-hydrogen) atoms. The van der Waals surface area contributed by atoms with Crippen molar-refractivity contribution in [2.45, 2.75) is 20.1 Å². The van der Waals surface area contributed by atoms with Gasteiger partial charge in [0.15, 0.2) is 0 Å². The molecule has 0 aliphatic carbocycles. The van der Waals surface area contributed by atoms with Crippen molar-refractivity contribution in [3.8, 4) is 5.75 Å². The maximum absolute atomic E-state index is 5.99. The average Bonchev–Trinajstić information content (AvgIpc) is 2.66. The summed E-state index contributed by atoms with van der Waals surface area (Å²) in [6.07, 6.45) is 0. The average molecular weight is 395 g/mol. The molecule has 3 aromatic rings. The van der Waals surface area contributed by atoms with E-state index in [2.05, 4.69) is 38.0 Å². The van der Waals surface area contributed by atoms with Gasteiger partial charge in [0, 0.05) is 0 Å². The molecule has 0 aliphatic rings. The standard InChI is InChI=1S/C21H19BrN2O/c1-16(23-14-17-8-4-2-5-9-17)21-19(12-13-20(22)24-21)25-15-18-10-6-3-7-11-18/h2-13H,14-15H2,1H3. The number of hydrogen-bond donors (Lipinski definition) is 0. The van der Waals surface area contributed by atoms with E-state index in [1.165, 1.54) is 5.56 Å². The first-order chi connectivity index (χ1) is 12.2. The molecule has 0 saturated carbocycles. The van der Waals surface area contributed by atoms with Gasteiger partial charge in [-0.05, 0) is 46.1 Å². The summed E-state index contributed by atoms with van der Waals surface area (Å²) >= 11 is 3.44. The van der Waals surface area contributed by atoms with Crippen LogP contribution in [0.15, 0.2) is 82.4 Å². The molecule has 3 nitrogen and oxygen atoms in total. The molecule has 0 N–H and O–H groups in total. The Morgan fingerprint density at radius 2 is 1.56 bits per heavy atom. The van der Waals surface area contributed by atoms with E-state index >= 15 is 0 Å². The van der Waals surface area contributed by atoms with Crippen LogP contribution in [0, 0.1) is 0 Å². The van der Waals surface area contributed by atoms with Crippen LogP contribution in [0.4, 0.5) is 0 Å². The molecule has 3 rings (SSSR count). The van der Waals surface area contributed by atoms with Crippen LogP contribution in [-0.4, -0.2) is 10.7 Å². The molecule has 1 aromatic heterocycles. The van der Waals surface area contributed by atoms with E-state index in [1.54, 1.807) is 0 Å². The fourth-order valence-electron chi connectivity index (χ4n) is 2.40. The highest BCUT2D eigenvalue weighted by molar-refractivity contribution is 9.10. The van der Waals surface area contributed by atoms with E-state index < -0.39 is 0 Å².